The standard InChI is InChI=1S/C15H22N4O4S2/c1-10(2)13(14(20)18-15(16)21)24-12-6-5-11(9-17-12)25(22,23)19-7-3-4-8-19/h5-6,9-10,13H,3-4,7-8H2,1-2H3,(H3,16,18,20,21)/t13-/m1/s1. The van der Waals surface area contributed by atoms with Crippen molar-refractivity contribution in [3.63, 3.8) is 0 Å². The Balaban J connectivity index is 2.13. The molecule has 2 heterocycles. The zero-order valence-electron chi connectivity index (χ0n) is 14.1. The van der Waals surface area contributed by atoms with E-state index < -0.39 is 27.2 Å². The Bertz CT molecular complexity index is 728. The summed E-state index contributed by atoms with van der Waals surface area (Å²) in [5.41, 5.74) is 4.99. The Morgan fingerprint density at radius 2 is 1.92 bits per heavy atom. The molecule has 10 heteroatoms. The molecule has 1 saturated heterocycles. The topological polar surface area (TPSA) is 122 Å². The number of pyridine rings is 1. The minimum absolute atomic E-state index is 0.0702. The van der Waals surface area contributed by atoms with Crippen LogP contribution in [0.1, 0.15) is 26.7 Å². The Kier molecular flexibility index (Phi) is 6.42. The molecule has 1 aromatic heterocycles. The molecule has 0 aromatic carbocycles. The van der Waals surface area contributed by atoms with Gasteiger partial charge in [-0.25, -0.2) is 18.2 Å². The van der Waals surface area contributed by atoms with E-state index in [-0.39, 0.29) is 10.8 Å². The number of primary amides is 1. The van der Waals surface area contributed by atoms with Gasteiger partial charge in [0.1, 0.15) is 4.90 Å². The smallest absolute Gasteiger partial charge is 0.318 e. The highest BCUT2D eigenvalue weighted by atomic mass is 32.2. The minimum Gasteiger partial charge on any atom is -0.351 e. The van der Waals surface area contributed by atoms with Crippen molar-refractivity contribution >= 4 is 33.7 Å². The molecule has 8 nitrogen and oxygen atoms in total. The van der Waals surface area contributed by atoms with Gasteiger partial charge in [-0.2, -0.15) is 4.31 Å². The third-order valence-corrected chi connectivity index (χ3v) is 7.15. The molecule has 3 N–H and O–H groups in total. The van der Waals surface area contributed by atoms with E-state index in [2.05, 4.69) is 10.3 Å². The normalized spacial score (nSPS) is 16.8. The molecule has 1 aliphatic rings. The lowest BCUT2D eigenvalue weighted by Crippen LogP contribution is -2.42. The maximum atomic E-state index is 12.5. The molecule has 1 fully saturated rings. The van der Waals surface area contributed by atoms with Crippen LogP contribution in [0, 0.1) is 5.92 Å². The van der Waals surface area contributed by atoms with E-state index in [0.29, 0.717) is 18.1 Å². The van der Waals surface area contributed by atoms with Gasteiger partial charge < -0.3 is 5.73 Å². The van der Waals surface area contributed by atoms with E-state index in [9.17, 15) is 18.0 Å². The summed E-state index contributed by atoms with van der Waals surface area (Å²) in [6, 6.07) is 2.16. The average Bonchev–Trinajstić information content (AvgIpc) is 3.07. The zero-order chi connectivity index (χ0) is 18.6. The quantitative estimate of drug-likeness (QED) is 0.708. The second-order valence-electron chi connectivity index (χ2n) is 6.08. The Hall–Kier alpha value is -1.65. The number of aromatic nitrogens is 1. The number of hydrogen-bond acceptors (Lipinski definition) is 6. The van der Waals surface area contributed by atoms with Crippen molar-refractivity contribution in [2.75, 3.05) is 13.1 Å². The molecule has 0 aliphatic carbocycles. The molecular formula is C15H22N4O4S2. The molecule has 0 unspecified atom stereocenters. The lowest BCUT2D eigenvalue weighted by molar-refractivity contribution is -0.120. The van der Waals surface area contributed by atoms with Gasteiger partial charge in [0, 0.05) is 19.3 Å². The van der Waals surface area contributed by atoms with Crippen molar-refractivity contribution in [3.8, 4) is 0 Å². The van der Waals surface area contributed by atoms with Gasteiger partial charge in [0.2, 0.25) is 15.9 Å². The molecule has 25 heavy (non-hydrogen) atoms. The lowest BCUT2D eigenvalue weighted by atomic mass is 10.1. The molecule has 1 aromatic rings. The van der Waals surface area contributed by atoms with E-state index in [1.165, 1.54) is 16.6 Å². The lowest BCUT2D eigenvalue weighted by Gasteiger charge is -2.19. The number of urea groups is 1. The van der Waals surface area contributed by atoms with Crippen LogP contribution >= 0.6 is 11.8 Å². The van der Waals surface area contributed by atoms with E-state index in [1.54, 1.807) is 6.07 Å². The average molecular weight is 386 g/mol. The first-order valence-corrected chi connectivity index (χ1v) is 10.3. The second kappa shape index (κ2) is 8.15. The fourth-order valence-corrected chi connectivity index (χ4v) is 4.90. The van der Waals surface area contributed by atoms with E-state index in [1.807, 2.05) is 13.8 Å². The van der Waals surface area contributed by atoms with Crippen molar-refractivity contribution in [3.05, 3.63) is 18.3 Å². The number of carbonyl (C=O) groups excluding carboxylic acids is 2. The number of sulfonamides is 1. The van der Waals surface area contributed by atoms with Gasteiger partial charge in [-0.15, -0.1) is 0 Å². The maximum absolute atomic E-state index is 12.5. The van der Waals surface area contributed by atoms with Crippen LogP contribution in [-0.4, -0.2) is 48.0 Å². The molecule has 2 rings (SSSR count). The van der Waals surface area contributed by atoms with E-state index >= 15 is 0 Å². The Labute approximate surface area is 151 Å². The number of nitrogens with one attached hydrogen (secondary N) is 1. The number of nitrogens with two attached hydrogens (primary N) is 1. The maximum Gasteiger partial charge on any atom is 0.318 e. The Morgan fingerprint density at radius 1 is 1.28 bits per heavy atom. The molecule has 1 atom stereocenters. The third-order valence-electron chi connectivity index (χ3n) is 3.77. The van der Waals surface area contributed by atoms with Gasteiger partial charge in [-0.3, -0.25) is 10.1 Å². The van der Waals surface area contributed by atoms with Gasteiger partial charge >= 0.3 is 6.03 Å². The van der Waals surface area contributed by atoms with Crippen LogP contribution in [0.3, 0.4) is 0 Å². The molecule has 1 aliphatic heterocycles. The fourth-order valence-electron chi connectivity index (χ4n) is 2.48. The monoisotopic (exact) mass is 386 g/mol. The molecule has 0 radical (unpaired) electrons. The van der Waals surface area contributed by atoms with Crippen LogP contribution < -0.4 is 11.1 Å². The molecule has 0 saturated carbocycles. The first-order valence-electron chi connectivity index (χ1n) is 7.95. The van der Waals surface area contributed by atoms with E-state index in [4.69, 9.17) is 5.73 Å². The second-order valence-corrected chi connectivity index (χ2v) is 9.18. The van der Waals surface area contributed by atoms with Gasteiger partial charge in [0.05, 0.1) is 10.3 Å². The zero-order valence-corrected chi connectivity index (χ0v) is 15.8. The number of hydrogen-bond donors (Lipinski definition) is 2. The molecule has 0 bridgehead atoms. The van der Waals surface area contributed by atoms with Gasteiger partial charge in [-0.05, 0) is 30.9 Å². The predicted octanol–water partition coefficient (Wildman–Crippen LogP) is 1.18. The van der Waals surface area contributed by atoms with Crippen molar-refractivity contribution in [2.24, 2.45) is 11.7 Å². The van der Waals surface area contributed by atoms with Crippen LogP contribution in [0.2, 0.25) is 0 Å². The predicted molar refractivity (Wildman–Crippen MR) is 94.4 cm³/mol. The van der Waals surface area contributed by atoms with E-state index in [0.717, 1.165) is 24.6 Å². The number of imide groups is 1. The summed E-state index contributed by atoms with van der Waals surface area (Å²) in [6.45, 7) is 4.73. The van der Waals surface area contributed by atoms with Crippen molar-refractivity contribution < 1.29 is 18.0 Å². The number of nitrogens with zero attached hydrogens (tertiary/aromatic N) is 2. The van der Waals surface area contributed by atoms with Crippen LogP contribution in [-0.2, 0) is 14.8 Å². The largest absolute Gasteiger partial charge is 0.351 e. The SMILES string of the molecule is CC(C)[C@@H](Sc1ccc(S(=O)(=O)N2CCCC2)cn1)C(=O)NC(N)=O. The van der Waals surface area contributed by atoms with Gasteiger partial charge in [0.15, 0.2) is 0 Å². The van der Waals surface area contributed by atoms with Crippen molar-refractivity contribution in [1.29, 1.82) is 0 Å². The summed E-state index contributed by atoms with van der Waals surface area (Å²) in [5, 5.41) is 2.00. The highest BCUT2D eigenvalue weighted by Gasteiger charge is 2.28. The molecule has 138 valence electrons. The fraction of sp³-hybridized carbons (Fsp3) is 0.533. The summed E-state index contributed by atoms with van der Waals surface area (Å²) in [5.74, 6) is -0.567. The summed E-state index contributed by atoms with van der Waals surface area (Å²) >= 11 is 1.16. The molecule has 3 amide bonds. The highest BCUT2D eigenvalue weighted by molar-refractivity contribution is 8.00. The van der Waals surface area contributed by atoms with Crippen LogP contribution in [0.25, 0.3) is 0 Å². The molecular weight excluding hydrogens is 364 g/mol. The van der Waals surface area contributed by atoms with Gasteiger partial charge in [-0.1, -0.05) is 25.6 Å². The number of rotatable bonds is 6. The molecule has 0 spiro atoms. The number of carbonyl (C=O) groups is 2. The number of amides is 3. The number of thioether (sulfide) groups is 1. The summed E-state index contributed by atoms with van der Waals surface area (Å²) in [7, 11) is -3.51. The summed E-state index contributed by atoms with van der Waals surface area (Å²) in [6.07, 6.45) is 3.04. The van der Waals surface area contributed by atoms with Crippen LogP contribution in [0.15, 0.2) is 28.3 Å². The highest BCUT2D eigenvalue weighted by Crippen LogP contribution is 2.28. The van der Waals surface area contributed by atoms with Gasteiger partial charge in [0.25, 0.3) is 0 Å². The third kappa shape index (κ3) is 4.93. The van der Waals surface area contributed by atoms with Crippen molar-refractivity contribution in [2.45, 2.75) is 41.9 Å². The summed E-state index contributed by atoms with van der Waals surface area (Å²) < 4.78 is 26.4. The Morgan fingerprint density at radius 3 is 2.40 bits per heavy atom. The van der Waals surface area contributed by atoms with Crippen LogP contribution in [0.5, 0.6) is 0 Å². The first kappa shape index (κ1) is 19.7. The summed E-state index contributed by atoms with van der Waals surface area (Å²) in [4.78, 5) is 27.2. The van der Waals surface area contributed by atoms with Crippen molar-refractivity contribution in [1.82, 2.24) is 14.6 Å². The minimum atomic E-state index is -3.51. The first-order chi connectivity index (χ1) is 11.7. The van der Waals surface area contributed by atoms with Crippen LogP contribution in [0.4, 0.5) is 4.79 Å².